The fourth-order valence-corrected chi connectivity index (χ4v) is 4.85. The lowest BCUT2D eigenvalue weighted by molar-refractivity contribution is 0.373. The van der Waals surface area contributed by atoms with Crippen molar-refractivity contribution in [2.45, 2.75) is 44.9 Å². The van der Waals surface area contributed by atoms with E-state index in [0.29, 0.717) is 5.92 Å². The molecule has 2 unspecified atom stereocenters. The quantitative estimate of drug-likeness (QED) is 0.713. The summed E-state index contributed by atoms with van der Waals surface area (Å²) < 4.78 is 0. The zero-order valence-electron chi connectivity index (χ0n) is 14.8. The van der Waals surface area contributed by atoms with Crippen LogP contribution in [0.1, 0.15) is 45.1 Å². The summed E-state index contributed by atoms with van der Waals surface area (Å²) in [5.74, 6) is 0.559. The van der Waals surface area contributed by atoms with Crippen molar-refractivity contribution in [1.29, 1.82) is 0 Å². The summed E-state index contributed by atoms with van der Waals surface area (Å²) in [6.07, 6.45) is 16.5. The minimum atomic E-state index is 0.0593. The highest BCUT2D eigenvalue weighted by atomic mass is 14.9. The number of rotatable bonds is 2. The average Bonchev–Trinajstić information content (AvgIpc) is 2.64. The average molecular weight is 317 g/mol. The number of hydrogen-bond acceptors (Lipinski definition) is 1. The summed E-state index contributed by atoms with van der Waals surface area (Å²) in [6.45, 7) is 5.72. The Morgan fingerprint density at radius 2 is 1.83 bits per heavy atom. The fourth-order valence-electron chi connectivity index (χ4n) is 4.85. The first-order valence-electron chi connectivity index (χ1n) is 9.29. The third-order valence-electron chi connectivity index (χ3n) is 6.07. The van der Waals surface area contributed by atoms with E-state index in [0.717, 1.165) is 13.0 Å². The van der Waals surface area contributed by atoms with Crippen molar-refractivity contribution >= 4 is 5.69 Å². The first-order valence-corrected chi connectivity index (χ1v) is 9.29. The van der Waals surface area contributed by atoms with E-state index in [1.54, 1.807) is 11.1 Å². The standard InChI is InChI=1S/C23H27N/c1-17-12-14-20(15-13-17)23(19-8-4-3-5-9-19)18(2)16-24-22-11-7-6-10-21(22)23/h3-4,6-8,10-12,14,18,24H,5,9,13,15-16H2,1-2H3. The SMILES string of the molecule is CC1=CC=C(C2(C3=CC=CCC3)c3ccccc3NCC2C)CC1. The Morgan fingerprint density at radius 1 is 1.00 bits per heavy atom. The zero-order chi connectivity index (χ0) is 16.6. The highest BCUT2D eigenvalue weighted by Crippen LogP contribution is 2.54. The minimum Gasteiger partial charge on any atom is -0.384 e. The van der Waals surface area contributed by atoms with Crippen molar-refractivity contribution in [3.05, 3.63) is 76.9 Å². The molecule has 0 saturated heterocycles. The molecule has 1 nitrogen and oxygen atoms in total. The van der Waals surface area contributed by atoms with Gasteiger partial charge in [-0.2, -0.15) is 0 Å². The number of benzene rings is 1. The highest BCUT2D eigenvalue weighted by Gasteiger charge is 2.47. The lowest BCUT2D eigenvalue weighted by Gasteiger charge is -2.49. The van der Waals surface area contributed by atoms with Gasteiger partial charge in [0.25, 0.3) is 0 Å². The van der Waals surface area contributed by atoms with Gasteiger partial charge in [0.05, 0.1) is 0 Å². The van der Waals surface area contributed by atoms with Crippen LogP contribution < -0.4 is 5.32 Å². The van der Waals surface area contributed by atoms with Crippen LogP contribution in [0.15, 0.2) is 71.4 Å². The Morgan fingerprint density at radius 3 is 2.58 bits per heavy atom. The summed E-state index contributed by atoms with van der Waals surface area (Å²) in [6, 6.07) is 8.96. The van der Waals surface area contributed by atoms with Crippen molar-refractivity contribution in [2.24, 2.45) is 5.92 Å². The molecule has 1 aliphatic heterocycles. The van der Waals surface area contributed by atoms with Crippen molar-refractivity contribution in [3.8, 4) is 0 Å². The van der Waals surface area contributed by atoms with Gasteiger partial charge in [0.2, 0.25) is 0 Å². The van der Waals surface area contributed by atoms with Crippen LogP contribution in [0.2, 0.25) is 0 Å². The third-order valence-corrected chi connectivity index (χ3v) is 6.07. The van der Waals surface area contributed by atoms with Crippen LogP contribution in [0.5, 0.6) is 0 Å². The molecular weight excluding hydrogens is 290 g/mol. The van der Waals surface area contributed by atoms with Gasteiger partial charge < -0.3 is 5.32 Å². The summed E-state index contributed by atoms with van der Waals surface area (Å²) in [4.78, 5) is 0. The molecule has 0 saturated carbocycles. The first-order chi connectivity index (χ1) is 11.7. The van der Waals surface area contributed by atoms with E-state index in [1.807, 2.05) is 0 Å². The molecule has 0 spiro atoms. The number of nitrogens with one attached hydrogen (secondary N) is 1. The minimum absolute atomic E-state index is 0.0593. The summed E-state index contributed by atoms with van der Waals surface area (Å²) in [7, 11) is 0. The molecule has 1 heterocycles. The lowest BCUT2D eigenvalue weighted by atomic mass is 9.57. The van der Waals surface area contributed by atoms with Crippen LogP contribution in [-0.4, -0.2) is 6.54 Å². The van der Waals surface area contributed by atoms with Crippen LogP contribution in [0.4, 0.5) is 5.69 Å². The maximum absolute atomic E-state index is 3.67. The van der Waals surface area contributed by atoms with E-state index in [4.69, 9.17) is 0 Å². The van der Waals surface area contributed by atoms with E-state index in [1.165, 1.54) is 36.1 Å². The molecule has 2 atom stereocenters. The van der Waals surface area contributed by atoms with Crippen molar-refractivity contribution in [3.63, 3.8) is 0 Å². The number of para-hydroxylation sites is 1. The normalized spacial score (nSPS) is 29.1. The topological polar surface area (TPSA) is 12.0 Å². The molecule has 3 aliphatic rings. The number of hydrogen-bond donors (Lipinski definition) is 1. The van der Waals surface area contributed by atoms with Crippen molar-refractivity contribution in [2.75, 3.05) is 11.9 Å². The second kappa shape index (κ2) is 6.12. The van der Waals surface area contributed by atoms with Crippen LogP contribution in [0, 0.1) is 5.92 Å². The Bertz CT molecular complexity index is 762. The fraction of sp³-hybridized carbons (Fsp3) is 0.391. The second-order valence-electron chi connectivity index (χ2n) is 7.50. The van der Waals surface area contributed by atoms with E-state index in [9.17, 15) is 0 Å². The molecule has 0 aromatic heterocycles. The second-order valence-corrected chi connectivity index (χ2v) is 7.50. The highest BCUT2D eigenvalue weighted by molar-refractivity contribution is 5.65. The first kappa shape index (κ1) is 15.5. The van der Waals surface area contributed by atoms with Crippen LogP contribution in [0.3, 0.4) is 0 Å². The number of allylic oxidation sites excluding steroid dienone is 8. The smallest absolute Gasteiger partial charge is 0.0439 e. The maximum atomic E-state index is 3.67. The molecule has 0 fully saturated rings. The maximum Gasteiger partial charge on any atom is 0.0439 e. The van der Waals surface area contributed by atoms with Gasteiger partial charge in [0.1, 0.15) is 0 Å². The van der Waals surface area contributed by atoms with Gasteiger partial charge in [-0.15, -0.1) is 0 Å². The Balaban J connectivity index is 1.98. The summed E-state index contributed by atoms with van der Waals surface area (Å²) in [5, 5.41) is 3.67. The molecule has 0 amide bonds. The largest absolute Gasteiger partial charge is 0.384 e. The molecule has 1 heteroatoms. The van der Waals surface area contributed by atoms with Gasteiger partial charge in [-0.1, -0.05) is 72.2 Å². The molecule has 0 bridgehead atoms. The molecule has 124 valence electrons. The zero-order valence-corrected chi connectivity index (χ0v) is 14.8. The number of fused-ring (bicyclic) bond motifs is 1. The van der Waals surface area contributed by atoms with Gasteiger partial charge in [0, 0.05) is 17.6 Å². The monoisotopic (exact) mass is 317 g/mol. The van der Waals surface area contributed by atoms with E-state index in [-0.39, 0.29) is 5.41 Å². The van der Waals surface area contributed by atoms with E-state index >= 15 is 0 Å². The predicted octanol–water partition coefficient (Wildman–Crippen LogP) is 5.93. The Hall–Kier alpha value is -2.02. The molecule has 0 radical (unpaired) electrons. The molecule has 1 aromatic carbocycles. The molecule has 2 aliphatic carbocycles. The lowest BCUT2D eigenvalue weighted by Crippen LogP contribution is -2.45. The van der Waals surface area contributed by atoms with Crippen molar-refractivity contribution < 1.29 is 0 Å². The molecule has 1 aromatic rings. The van der Waals surface area contributed by atoms with Gasteiger partial charge in [-0.05, 0) is 50.2 Å². The Labute approximate surface area is 145 Å². The van der Waals surface area contributed by atoms with Crippen molar-refractivity contribution in [1.82, 2.24) is 0 Å². The van der Waals surface area contributed by atoms with E-state index in [2.05, 4.69) is 73.8 Å². The van der Waals surface area contributed by atoms with Gasteiger partial charge >= 0.3 is 0 Å². The third kappa shape index (κ3) is 2.30. The van der Waals surface area contributed by atoms with Gasteiger partial charge in [-0.25, -0.2) is 0 Å². The predicted molar refractivity (Wildman–Crippen MR) is 103 cm³/mol. The van der Waals surface area contributed by atoms with Crippen LogP contribution >= 0.6 is 0 Å². The summed E-state index contributed by atoms with van der Waals surface area (Å²) in [5.41, 5.74) is 7.56. The molecule has 1 N–H and O–H groups in total. The van der Waals surface area contributed by atoms with Gasteiger partial charge in [0.15, 0.2) is 0 Å². The van der Waals surface area contributed by atoms with E-state index < -0.39 is 0 Å². The summed E-state index contributed by atoms with van der Waals surface area (Å²) >= 11 is 0. The molecular formula is C23H27N. The van der Waals surface area contributed by atoms with Crippen LogP contribution in [-0.2, 0) is 5.41 Å². The number of anilines is 1. The molecule has 24 heavy (non-hydrogen) atoms. The van der Waals surface area contributed by atoms with Gasteiger partial charge in [-0.3, -0.25) is 0 Å². The molecule has 4 rings (SSSR count). The van der Waals surface area contributed by atoms with Crippen LogP contribution in [0.25, 0.3) is 0 Å². The Kier molecular flexibility index (Phi) is 3.96.